The van der Waals surface area contributed by atoms with Gasteiger partial charge >= 0.3 is 0 Å². The van der Waals surface area contributed by atoms with Gasteiger partial charge in [0.15, 0.2) is 0 Å². The van der Waals surface area contributed by atoms with E-state index in [9.17, 15) is 22.0 Å². The normalized spacial score (nSPS) is 15.8. The number of halogens is 4. The molecule has 10 heteroatoms. The van der Waals surface area contributed by atoms with Crippen molar-refractivity contribution in [1.29, 1.82) is 0 Å². The standard InChI is InChI=1S/C17H14Cl2F2N2O3S/c18-13-3-1-2-12(16(13)19)17(24)22-6-8-23(9-7-22)27(25,26)15-5-4-11(20)10-14(15)21/h1-5,10H,6-9H2. The van der Waals surface area contributed by atoms with Gasteiger partial charge in [-0.1, -0.05) is 29.3 Å². The van der Waals surface area contributed by atoms with Crippen molar-refractivity contribution in [2.24, 2.45) is 0 Å². The zero-order chi connectivity index (χ0) is 19.8. The maximum Gasteiger partial charge on any atom is 0.255 e. The molecule has 0 atom stereocenters. The van der Waals surface area contributed by atoms with Gasteiger partial charge in [-0.15, -0.1) is 0 Å². The quantitative estimate of drug-likeness (QED) is 0.743. The number of nitrogens with zero attached hydrogens (tertiary/aromatic N) is 2. The lowest BCUT2D eigenvalue weighted by molar-refractivity contribution is 0.0698. The number of sulfonamides is 1. The fraction of sp³-hybridized carbons (Fsp3) is 0.235. The number of carbonyl (C=O) groups is 1. The monoisotopic (exact) mass is 434 g/mol. The van der Waals surface area contributed by atoms with Gasteiger partial charge in [0.2, 0.25) is 10.0 Å². The molecular formula is C17H14Cl2F2N2O3S. The number of hydrogen-bond donors (Lipinski definition) is 0. The predicted molar refractivity (Wildman–Crippen MR) is 97.5 cm³/mol. The highest BCUT2D eigenvalue weighted by Crippen LogP contribution is 2.27. The van der Waals surface area contributed by atoms with Gasteiger partial charge in [0.05, 0.1) is 15.6 Å². The number of carbonyl (C=O) groups excluding carboxylic acids is 1. The van der Waals surface area contributed by atoms with Gasteiger partial charge in [-0.05, 0) is 24.3 Å². The Morgan fingerprint density at radius 1 is 1.00 bits per heavy atom. The van der Waals surface area contributed by atoms with Crippen molar-refractivity contribution in [2.75, 3.05) is 26.2 Å². The first-order valence-electron chi connectivity index (χ1n) is 7.90. The zero-order valence-corrected chi connectivity index (χ0v) is 16.2. The van der Waals surface area contributed by atoms with Crippen molar-refractivity contribution >= 4 is 39.1 Å². The van der Waals surface area contributed by atoms with Crippen LogP contribution in [0.2, 0.25) is 10.0 Å². The summed E-state index contributed by atoms with van der Waals surface area (Å²) < 4.78 is 53.1. The van der Waals surface area contributed by atoms with Crippen LogP contribution in [0.5, 0.6) is 0 Å². The third-order valence-electron chi connectivity index (χ3n) is 4.22. The first-order chi connectivity index (χ1) is 12.7. The van der Waals surface area contributed by atoms with E-state index in [4.69, 9.17) is 23.2 Å². The molecule has 5 nitrogen and oxygen atoms in total. The van der Waals surface area contributed by atoms with E-state index in [1.165, 1.54) is 11.0 Å². The molecule has 0 radical (unpaired) electrons. The molecule has 1 amide bonds. The molecule has 1 aliphatic heterocycles. The molecule has 1 heterocycles. The molecule has 0 unspecified atom stereocenters. The van der Waals surface area contributed by atoms with E-state index in [0.29, 0.717) is 6.07 Å². The molecule has 27 heavy (non-hydrogen) atoms. The summed E-state index contributed by atoms with van der Waals surface area (Å²) in [5.74, 6) is -2.38. The van der Waals surface area contributed by atoms with E-state index in [-0.39, 0.29) is 47.7 Å². The Balaban J connectivity index is 1.75. The highest BCUT2D eigenvalue weighted by Gasteiger charge is 2.32. The first-order valence-corrected chi connectivity index (χ1v) is 10.1. The lowest BCUT2D eigenvalue weighted by Gasteiger charge is -2.34. The summed E-state index contributed by atoms with van der Waals surface area (Å²) in [6, 6.07) is 6.99. The maximum atomic E-state index is 13.9. The molecule has 0 aromatic heterocycles. The Morgan fingerprint density at radius 2 is 1.67 bits per heavy atom. The second-order valence-corrected chi connectivity index (χ2v) is 8.56. The minimum atomic E-state index is -4.13. The van der Waals surface area contributed by atoms with Crippen LogP contribution in [0.4, 0.5) is 8.78 Å². The van der Waals surface area contributed by atoms with Crippen LogP contribution >= 0.6 is 23.2 Å². The third kappa shape index (κ3) is 3.94. The van der Waals surface area contributed by atoms with Gasteiger partial charge in [-0.25, -0.2) is 17.2 Å². The molecule has 0 aliphatic carbocycles. The van der Waals surface area contributed by atoms with Crippen LogP contribution in [-0.2, 0) is 10.0 Å². The van der Waals surface area contributed by atoms with Gasteiger partial charge in [0.25, 0.3) is 5.91 Å². The van der Waals surface area contributed by atoms with E-state index in [1.807, 2.05) is 0 Å². The highest BCUT2D eigenvalue weighted by atomic mass is 35.5. The SMILES string of the molecule is O=C(c1cccc(Cl)c1Cl)N1CCN(S(=O)(=O)c2ccc(F)cc2F)CC1. The van der Waals surface area contributed by atoms with Crippen LogP contribution in [-0.4, -0.2) is 49.7 Å². The molecule has 1 fully saturated rings. The highest BCUT2D eigenvalue weighted by molar-refractivity contribution is 7.89. The summed E-state index contributed by atoms with van der Waals surface area (Å²) in [6.07, 6.45) is 0. The van der Waals surface area contributed by atoms with Crippen molar-refractivity contribution in [2.45, 2.75) is 4.90 Å². The van der Waals surface area contributed by atoms with Crippen LogP contribution in [0.15, 0.2) is 41.3 Å². The van der Waals surface area contributed by atoms with Gasteiger partial charge in [-0.3, -0.25) is 4.79 Å². The third-order valence-corrected chi connectivity index (χ3v) is 6.97. The minimum Gasteiger partial charge on any atom is -0.336 e. The van der Waals surface area contributed by atoms with Gasteiger partial charge in [0.1, 0.15) is 16.5 Å². The minimum absolute atomic E-state index is 0.0247. The fourth-order valence-electron chi connectivity index (χ4n) is 2.79. The second kappa shape index (κ2) is 7.71. The molecule has 3 rings (SSSR count). The molecule has 0 bridgehead atoms. The number of piperazine rings is 1. The van der Waals surface area contributed by atoms with E-state index in [1.54, 1.807) is 12.1 Å². The number of benzene rings is 2. The summed E-state index contributed by atoms with van der Waals surface area (Å²) in [5.41, 5.74) is 0.227. The van der Waals surface area contributed by atoms with Crippen molar-refractivity contribution in [3.63, 3.8) is 0 Å². The molecule has 2 aromatic rings. The summed E-state index contributed by atoms with van der Waals surface area (Å²) in [5, 5.41) is 0.378. The largest absolute Gasteiger partial charge is 0.336 e. The van der Waals surface area contributed by atoms with E-state index in [2.05, 4.69) is 0 Å². The lowest BCUT2D eigenvalue weighted by Crippen LogP contribution is -2.50. The summed E-state index contributed by atoms with van der Waals surface area (Å²) >= 11 is 12.0. The van der Waals surface area contributed by atoms with E-state index < -0.39 is 26.6 Å². The average molecular weight is 435 g/mol. The van der Waals surface area contributed by atoms with Crippen LogP contribution in [0, 0.1) is 11.6 Å². The lowest BCUT2D eigenvalue weighted by atomic mass is 10.2. The smallest absolute Gasteiger partial charge is 0.255 e. The Labute approximate surface area is 165 Å². The molecular weight excluding hydrogens is 421 g/mol. The topological polar surface area (TPSA) is 57.7 Å². The summed E-state index contributed by atoms with van der Waals surface area (Å²) in [4.78, 5) is 13.5. The van der Waals surface area contributed by atoms with E-state index >= 15 is 0 Å². The maximum absolute atomic E-state index is 13.9. The Kier molecular flexibility index (Phi) is 5.71. The van der Waals surface area contributed by atoms with E-state index in [0.717, 1.165) is 16.4 Å². The molecule has 144 valence electrons. The molecule has 0 saturated carbocycles. The zero-order valence-electron chi connectivity index (χ0n) is 13.8. The average Bonchev–Trinajstić information content (AvgIpc) is 2.63. The Hall–Kier alpha value is -1.74. The molecule has 1 saturated heterocycles. The molecule has 2 aromatic carbocycles. The van der Waals surface area contributed by atoms with Crippen LogP contribution in [0.1, 0.15) is 10.4 Å². The van der Waals surface area contributed by atoms with Gasteiger partial charge in [-0.2, -0.15) is 4.31 Å². The molecule has 1 aliphatic rings. The van der Waals surface area contributed by atoms with Crippen molar-refractivity contribution in [3.05, 3.63) is 63.6 Å². The van der Waals surface area contributed by atoms with Crippen molar-refractivity contribution < 1.29 is 22.0 Å². The molecule has 0 spiro atoms. The Morgan fingerprint density at radius 3 is 2.30 bits per heavy atom. The van der Waals surface area contributed by atoms with Gasteiger partial charge in [0, 0.05) is 32.2 Å². The van der Waals surface area contributed by atoms with Crippen LogP contribution < -0.4 is 0 Å². The fourth-order valence-corrected chi connectivity index (χ4v) is 4.64. The number of hydrogen-bond acceptors (Lipinski definition) is 3. The van der Waals surface area contributed by atoms with Crippen LogP contribution in [0.25, 0.3) is 0 Å². The van der Waals surface area contributed by atoms with Crippen LogP contribution in [0.3, 0.4) is 0 Å². The summed E-state index contributed by atoms with van der Waals surface area (Å²) in [7, 11) is -4.13. The second-order valence-electron chi connectivity index (χ2n) is 5.87. The Bertz CT molecular complexity index is 994. The van der Waals surface area contributed by atoms with Crippen molar-refractivity contribution in [1.82, 2.24) is 9.21 Å². The van der Waals surface area contributed by atoms with Crippen molar-refractivity contribution in [3.8, 4) is 0 Å². The predicted octanol–water partition coefficient (Wildman–Crippen LogP) is 3.42. The van der Waals surface area contributed by atoms with Gasteiger partial charge < -0.3 is 4.90 Å². The first kappa shape index (κ1) is 20.0. The molecule has 0 N–H and O–H groups in total. The number of rotatable bonds is 3. The number of amides is 1. The summed E-state index contributed by atoms with van der Waals surface area (Å²) in [6.45, 7) is 0.152.